The van der Waals surface area contributed by atoms with Crippen molar-refractivity contribution in [3.63, 3.8) is 0 Å². The Hall–Kier alpha value is -3.55. The Balaban J connectivity index is 1.45. The molecule has 1 aliphatic heterocycles. The van der Waals surface area contributed by atoms with E-state index in [0.717, 1.165) is 111 Å². The number of aliphatic hydroxyl groups is 1. The van der Waals surface area contributed by atoms with E-state index < -0.39 is 0 Å². The van der Waals surface area contributed by atoms with Crippen molar-refractivity contribution in [1.82, 2.24) is 19.5 Å². The first-order valence-electron chi connectivity index (χ1n) is 14.2. The Labute approximate surface area is 231 Å². The van der Waals surface area contributed by atoms with Gasteiger partial charge in [-0.3, -0.25) is 4.90 Å². The highest BCUT2D eigenvalue weighted by molar-refractivity contribution is 5.83. The van der Waals surface area contributed by atoms with Gasteiger partial charge in [-0.05, 0) is 37.3 Å². The summed E-state index contributed by atoms with van der Waals surface area (Å²) >= 11 is 0. The number of aliphatic hydroxyl groups excluding tert-OH is 1. The van der Waals surface area contributed by atoms with Crippen LogP contribution in [-0.4, -0.2) is 70.2 Å². The van der Waals surface area contributed by atoms with Gasteiger partial charge in [0, 0.05) is 56.3 Å². The lowest BCUT2D eigenvalue weighted by atomic mass is 10.0. The smallest absolute Gasteiger partial charge is 0.166 e. The summed E-state index contributed by atoms with van der Waals surface area (Å²) in [6.07, 6.45) is 7.16. The molecule has 0 bridgehead atoms. The topological polar surface area (TPSA) is 74.0 Å². The van der Waals surface area contributed by atoms with E-state index in [4.69, 9.17) is 10.1 Å². The zero-order valence-corrected chi connectivity index (χ0v) is 22.9. The molecule has 0 amide bonds. The molecule has 0 aliphatic carbocycles. The van der Waals surface area contributed by atoms with Crippen LogP contribution >= 0.6 is 0 Å². The van der Waals surface area contributed by atoms with Gasteiger partial charge >= 0.3 is 0 Å². The van der Waals surface area contributed by atoms with Crippen LogP contribution in [0.3, 0.4) is 0 Å². The van der Waals surface area contributed by atoms with Crippen LogP contribution in [0.5, 0.6) is 0 Å². The second-order valence-electron chi connectivity index (χ2n) is 10.4. The first-order chi connectivity index (χ1) is 19.2. The number of fused-ring (bicyclic) bond motifs is 1. The molecule has 0 spiro atoms. The maximum atomic E-state index is 10.5. The number of β-amino-alcohol motifs (C(OH)–C–C–N with tert-alkyl or cyclic N) is 1. The summed E-state index contributed by atoms with van der Waals surface area (Å²) in [7, 11) is 0. The molecule has 1 aliphatic rings. The van der Waals surface area contributed by atoms with Crippen molar-refractivity contribution in [2.45, 2.75) is 45.4 Å². The Morgan fingerprint density at radius 2 is 1.64 bits per heavy atom. The fourth-order valence-electron chi connectivity index (χ4n) is 5.52. The summed E-state index contributed by atoms with van der Waals surface area (Å²) in [5, 5.41) is 14.3. The molecule has 39 heavy (non-hydrogen) atoms. The van der Waals surface area contributed by atoms with Crippen molar-refractivity contribution >= 4 is 17.8 Å². The van der Waals surface area contributed by atoms with Crippen LogP contribution in [0, 0.1) is 6.92 Å². The third-order valence-corrected chi connectivity index (χ3v) is 7.71. The molecule has 0 atom stereocenters. The standard InChI is InChI=1S/C32H39N5O2/c1-25-31(28-11-7-5-8-12-28)32-33-29(27-15-13-26(14-16-27)10-6-3-2-4-9-22-38)24-30(37(32)34-25)36-19-17-35(18-20-36)21-23-39/h5,7-8,11-16,22,24,39H,2-4,6,9-10,17-21,23H2,1H3. The number of carbonyl (C=O) groups excluding carboxylic acids is 1. The Kier molecular flexibility index (Phi) is 9.01. The van der Waals surface area contributed by atoms with Gasteiger partial charge in [-0.2, -0.15) is 9.61 Å². The van der Waals surface area contributed by atoms with Gasteiger partial charge in [0.2, 0.25) is 0 Å². The number of aldehydes is 1. The lowest BCUT2D eigenvalue weighted by Crippen LogP contribution is -2.47. The summed E-state index contributed by atoms with van der Waals surface area (Å²) in [6.45, 7) is 6.56. The second kappa shape index (κ2) is 13.0. The van der Waals surface area contributed by atoms with E-state index in [9.17, 15) is 9.90 Å². The number of unbranched alkanes of at least 4 members (excludes halogenated alkanes) is 4. The van der Waals surface area contributed by atoms with E-state index in [1.165, 1.54) is 5.56 Å². The molecule has 7 nitrogen and oxygen atoms in total. The molecule has 204 valence electrons. The minimum absolute atomic E-state index is 0.193. The summed E-state index contributed by atoms with van der Waals surface area (Å²) in [4.78, 5) is 20.4. The molecular weight excluding hydrogens is 486 g/mol. The lowest BCUT2D eigenvalue weighted by molar-refractivity contribution is -0.107. The van der Waals surface area contributed by atoms with Crippen molar-refractivity contribution in [3.8, 4) is 22.4 Å². The third-order valence-electron chi connectivity index (χ3n) is 7.71. The molecule has 0 unspecified atom stereocenters. The van der Waals surface area contributed by atoms with E-state index in [1.54, 1.807) is 0 Å². The maximum Gasteiger partial charge on any atom is 0.166 e. The number of hydrogen-bond acceptors (Lipinski definition) is 6. The quantitative estimate of drug-likeness (QED) is 0.203. The monoisotopic (exact) mass is 525 g/mol. The number of nitrogens with zero attached hydrogens (tertiary/aromatic N) is 5. The van der Waals surface area contributed by atoms with Gasteiger partial charge in [0.1, 0.15) is 12.1 Å². The van der Waals surface area contributed by atoms with E-state index >= 15 is 0 Å². The Bertz CT molecular complexity index is 1360. The number of rotatable bonds is 12. The molecule has 3 heterocycles. The summed E-state index contributed by atoms with van der Waals surface area (Å²) in [5.74, 6) is 1.06. The van der Waals surface area contributed by atoms with Crippen LogP contribution in [0.15, 0.2) is 60.7 Å². The molecule has 4 aromatic rings. The Morgan fingerprint density at radius 3 is 2.36 bits per heavy atom. The van der Waals surface area contributed by atoms with Crippen molar-refractivity contribution in [2.75, 3.05) is 44.2 Å². The van der Waals surface area contributed by atoms with Gasteiger partial charge in [-0.1, -0.05) is 67.4 Å². The van der Waals surface area contributed by atoms with Crippen LogP contribution in [0.2, 0.25) is 0 Å². The van der Waals surface area contributed by atoms with E-state index in [2.05, 4.69) is 71.3 Å². The Morgan fingerprint density at radius 1 is 0.897 bits per heavy atom. The number of anilines is 1. The minimum atomic E-state index is 0.193. The van der Waals surface area contributed by atoms with Crippen molar-refractivity contribution in [3.05, 3.63) is 71.9 Å². The van der Waals surface area contributed by atoms with Crippen LogP contribution in [0.1, 0.15) is 43.4 Å². The first-order valence-corrected chi connectivity index (χ1v) is 14.2. The van der Waals surface area contributed by atoms with Gasteiger partial charge in [0.15, 0.2) is 5.65 Å². The molecule has 7 heteroatoms. The zero-order valence-electron chi connectivity index (χ0n) is 22.9. The second-order valence-corrected chi connectivity index (χ2v) is 10.4. The summed E-state index contributed by atoms with van der Waals surface area (Å²) in [6, 6.07) is 21.4. The molecule has 1 N–H and O–H groups in total. The highest BCUT2D eigenvalue weighted by atomic mass is 16.3. The number of piperazine rings is 1. The average molecular weight is 526 g/mol. The molecule has 0 radical (unpaired) electrons. The molecule has 1 fully saturated rings. The predicted molar refractivity (Wildman–Crippen MR) is 157 cm³/mol. The predicted octanol–water partition coefficient (Wildman–Crippen LogP) is 5.18. The largest absolute Gasteiger partial charge is 0.395 e. The highest BCUT2D eigenvalue weighted by Gasteiger charge is 2.23. The number of benzene rings is 2. The number of aromatic nitrogens is 3. The van der Waals surface area contributed by atoms with Crippen LogP contribution in [0.25, 0.3) is 28.0 Å². The van der Waals surface area contributed by atoms with Crippen molar-refractivity contribution in [1.29, 1.82) is 0 Å². The van der Waals surface area contributed by atoms with Gasteiger partial charge in [0.05, 0.1) is 18.0 Å². The van der Waals surface area contributed by atoms with E-state index in [-0.39, 0.29) is 6.61 Å². The number of carbonyl (C=O) groups is 1. The molecule has 5 rings (SSSR count). The molecule has 1 saturated heterocycles. The van der Waals surface area contributed by atoms with Crippen LogP contribution in [0.4, 0.5) is 5.82 Å². The first kappa shape index (κ1) is 27.0. The molecule has 0 saturated carbocycles. The maximum absolute atomic E-state index is 10.5. The van der Waals surface area contributed by atoms with Crippen LogP contribution < -0.4 is 4.90 Å². The fraction of sp³-hybridized carbons (Fsp3) is 0.406. The number of hydrogen-bond donors (Lipinski definition) is 1. The highest BCUT2D eigenvalue weighted by Crippen LogP contribution is 2.33. The fourth-order valence-corrected chi connectivity index (χ4v) is 5.52. The van der Waals surface area contributed by atoms with E-state index in [1.807, 2.05) is 10.6 Å². The van der Waals surface area contributed by atoms with Gasteiger partial charge in [0.25, 0.3) is 0 Å². The van der Waals surface area contributed by atoms with Crippen LogP contribution in [-0.2, 0) is 11.2 Å². The van der Waals surface area contributed by atoms with Gasteiger partial charge in [-0.15, -0.1) is 0 Å². The molecular formula is C32H39N5O2. The lowest BCUT2D eigenvalue weighted by Gasteiger charge is -2.35. The van der Waals surface area contributed by atoms with E-state index in [0.29, 0.717) is 6.42 Å². The average Bonchev–Trinajstić information content (AvgIpc) is 3.31. The molecule has 2 aromatic heterocycles. The molecule has 2 aromatic carbocycles. The van der Waals surface area contributed by atoms with Crippen molar-refractivity contribution < 1.29 is 9.90 Å². The number of aryl methyl sites for hydroxylation is 2. The van der Waals surface area contributed by atoms with Gasteiger partial charge < -0.3 is 14.8 Å². The summed E-state index contributed by atoms with van der Waals surface area (Å²) in [5.41, 5.74) is 7.43. The minimum Gasteiger partial charge on any atom is -0.395 e. The summed E-state index contributed by atoms with van der Waals surface area (Å²) < 4.78 is 2.02. The SMILES string of the molecule is Cc1nn2c(N3CCN(CCO)CC3)cc(-c3ccc(CCCCCCC=O)cc3)nc2c1-c1ccccc1. The third kappa shape index (κ3) is 6.37. The van der Waals surface area contributed by atoms with Gasteiger partial charge in [-0.25, -0.2) is 4.98 Å². The normalized spacial score (nSPS) is 14.3. The zero-order chi connectivity index (χ0) is 27.0. The van der Waals surface area contributed by atoms with Crippen molar-refractivity contribution in [2.24, 2.45) is 0 Å².